The number of rotatable bonds is 6. The highest BCUT2D eigenvalue weighted by Gasteiger charge is 2.32. The van der Waals surface area contributed by atoms with E-state index in [-0.39, 0.29) is 17.1 Å². The van der Waals surface area contributed by atoms with E-state index in [9.17, 15) is 17.2 Å². The summed E-state index contributed by atoms with van der Waals surface area (Å²) < 4.78 is 53.5. The lowest BCUT2D eigenvalue weighted by Gasteiger charge is -2.29. The molecule has 0 aliphatic rings. The van der Waals surface area contributed by atoms with E-state index < -0.39 is 26.6 Å². The SMILES string of the molecule is CCN(C(C)CN(C)C)S(=O)(=O)c1c(F)cc(F)cc1Br. The van der Waals surface area contributed by atoms with Gasteiger partial charge in [-0.05, 0) is 43.0 Å². The predicted octanol–water partition coefficient (Wildman–Crippen LogP) is 2.69. The highest BCUT2D eigenvalue weighted by molar-refractivity contribution is 9.10. The molecule has 0 spiro atoms. The molecule has 8 heteroatoms. The Balaban J connectivity index is 3.32. The van der Waals surface area contributed by atoms with Crippen LogP contribution in [0.25, 0.3) is 0 Å². The van der Waals surface area contributed by atoms with Crippen molar-refractivity contribution in [3.8, 4) is 0 Å². The molecular weight excluding hydrogens is 366 g/mol. The van der Waals surface area contributed by atoms with Crippen LogP contribution in [0.1, 0.15) is 13.8 Å². The molecule has 1 aromatic rings. The lowest BCUT2D eigenvalue weighted by atomic mass is 10.3. The third kappa shape index (κ3) is 4.21. The zero-order valence-corrected chi connectivity index (χ0v) is 14.8. The molecule has 0 saturated heterocycles. The Bertz CT molecular complexity index is 585. The summed E-state index contributed by atoms with van der Waals surface area (Å²) in [5.41, 5.74) is 0. The lowest BCUT2D eigenvalue weighted by Crippen LogP contribution is -2.44. The predicted molar refractivity (Wildman–Crippen MR) is 81.6 cm³/mol. The lowest BCUT2D eigenvalue weighted by molar-refractivity contribution is 0.270. The molecule has 0 amide bonds. The number of nitrogens with zero attached hydrogens (tertiary/aromatic N) is 2. The van der Waals surface area contributed by atoms with E-state index in [0.717, 1.165) is 6.07 Å². The molecule has 0 aliphatic heterocycles. The van der Waals surface area contributed by atoms with Gasteiger partial charge in [-0.25, -0.2) is 17.2 Å². The topological polar surface area (TPSA) is 40.6 Å². The van der Waals surface area contributed by atoms with E-state index in [4.69, 9.17) is 0 Å². The second-order valence-electron chi connectivity index (χ2n) is 5.02. The first-order valence-electron chi connectivity index (χ1n) is 6.42. The zero-order valence-electron chi connectivity index (χ0n) is 12.4. The van der Waals surface area contributed by atoms with Crippen molar-refractivity contribution < 1.29 is 17.2 Å². The van der Waals surface area contributed by atoms with Crippen molar-refractivity contribution in [3.05, 3.63) is 28.2 Å². The quantitative estimate of drug-likeness (QED) is 0.756. The summed E-state index contributed by atoms with van der Waals surface area (Å²) in [6.07, 6.45) is 0. The summed E-state index contributed by atoms with van der Waals surface area (Å²) in [6.45, 7) is 4.11. The zero-order chi connectivity index (χ0) is 16.4. The first-order chi connectivity index (χ1) is 9.61. The molecule has 0 aliphatic carbocycles. The van der Waals surface area contributed by atoms with Gasteiger partial charge in [0.05, 0.1) is 0 Å². The van der Waals surface area contributed by atoms with Crippen LogP contribution < -0.4 is 0 Å². The van der Waals surface area contributed by atoms with Gasteiger partial charge in [0.1, 0.15) is 16.5 Å². The average molecular weight is 385 g/mol. The molecule has 0 radical (unpaired) electrons. The minimum absolute atomic E-state index is 0.115. The monoisotopic (exact) mass is 384 g/mol. The summed E-state index contributed by atoms with van der Waals surface area (Å²) in [5.74, 6) is -1.93. The van der Waals surface area contributed by atoms with E-state index in [1.807, 2.05) is 19.0 Å². The van der Waals surface area contributed by atoms with Crippen molar-refractivity contribution in [3.63, 3.8) is 0 Å². The fraction of sp³-hybridized carbons (Fsp3) is 0.538. The molecule has 21 heavy (non-hydrogen) atoms. The van der Waals surface area contributed by atoms with E-state index >= 15 is 0 Å². The van der Waals surface area contributed by atoms with Gasteiger partial charge in [0.15, 0.2) is 0 Å². The van der Waals surface area contributed by atoms with Gasteiger partial charge in [-0.3, -0.25) is 0 Å². The molecule has 4 nitrogen and oxygen atoms in total. The fourth-order valence-corrected chi connectivity index (χ4v) is 4.98. The van der Waals surface area contributed by atoms with E-state index in [0.29, 0.717) is 12.6 Å². The molecule has 120 valence electrons. The Labute approximate surface area is 132 Å². The van der Waals surface area contributed by atoms with Crippen molar-refractivity contribution in [2.75, 3.05) is 27.2 Å². The standard InChI is InChI=1S/C13H19BrF2N2O2S/c1-5-18(9(2)8-17(3)4)21(19,20)13-11(14)6-10(15)7-12(13)16/h6-7,9H,5,8H2,1-4H3. The van der Waals surface area contributed by atoms with Gasteiger partial charge in [-0.15, -0.1) is 0 Å². The minimum Gasteiger partial charge on any atom is -0.308 e. The molecular formula is C13H19BrF2N2O2S. The summed E-state index contributed by atoms with van der Waals surface area (Å²) in [7, 11) is -0.406. The summed E-state index contributed by atoms with van der Waals surface area (Å²) in [4.78, 5) is 1.31. The average Bonchev–Trinajstić information content (AvgIpc) is 2.25. The number of sulfonamides is 1. The second kappa shape index (κ2) is 7.13. The maximum absolute atomic E-state index is 13.9. The number of hydrogen-bond acceptors (Lipinski definition) is 3. The van der Waals surface area contributed by atoms with Gasteiger partial charge in [0, 0.05) is 29.7 Å². The van der Waals surface area contributed by atoms with Crippen LogP contribution in [0.5, 0.6) is 0 Å². The molecule has 1 atom stereocenters. The van der Waals surface area contributed by atoms with Crippen LogP contribution in [-0.4, -0.2) is 50.8 Å². The molecule has 0 saturated carbocycles. The number of hydrogen-bond donors (Lipinski definition) is 0. The summed E-state index contributed by atoms with van der Waals surface area (Å²) in [6, 6.07) is 1.18. The Morgan fingerprint density at radius 2 is 1.86 bits per heavy atom. The largest absolute Gasteiger partial charge is 0.308 e. The van der Waals surface area contributed by atoms with E-state index in [1.54, 1.807) is 13.8 Å². The normalized spacial score (nSPS) is 14.0. The second-order valence-corrected chi connectivity index (χ2v) is 7.70. The third-order valence-electron chi connectivity index (χ3n) is 2.96. The fourth-order valence-electron chi connectivity index (χ4n) is 2.23. The third-order valence-corrected chi connectivity index (χ3v) is 6.02. The highest BCUT2D eigenvalue weighted by atomic mass is 79.9. The van der Waals surface area contributed by atoms with Crippen LogP contribution >= 0.6 is 15.9 Å². The van der Waals surface area contributed by atoms with Crippen LogP contribution in [0.4, 0.5) is 8.78 Å². The van der Waals surface area contributed by atoms with Crippen molar-refractivity contribution in [2.45, 2.75) is 24.8 Å². The van der Waals surface area contributed by atoms with Crippen LogP contribution in [0.3, 0.4) is 0 Å². The van der Waals surface area contributed by atoms with Crippen molar-refractivity contribution in [1.82, 2.24) is 9.21 Å². The Morgan fingerprint density at radius 1 is 1.29 bits per heavy atom. The van der Waals surface area contributed by atoms with Crippen LogP contribution in [-0.2, 0) is 10.0 Å². The molecule has 1 unspecified atom stereocenters. The van der Waals surface area contributed by atoms with Gasteiger partial charge < -0.3 is 4.90 Å². The van der Waals surface area contributed by atoms with Crippen LogP contribution in [0, 0.1) is 11.6 Å². The summed E-state index contributed by atoms with van der Waals surface area (Å²) in [5, 5.41) is 0. The number of likely N-dealkylation sites (N-methyl/N-ethyl adjacent to an activating group) is 2. The molecule has 0 aromatic heterocycles. The smallest absolute Gasteiger partial charge is 0.247 e. The molecule has 0 bridgehead atoms. The van der Waals surface area contributed by atoms with E-state index in [2.05, 4.69) is 15.9 Å². The maximum Gasteiger partial charge on any atom is 0.247 e. The molecule has 0 N–H and O–H groups in total. The molecule has 0 fully saturated rings. The molecule has 1 rings (SSSR count). The van der Waals surface area contributed by atoms with Crippen molar-refractivity contribution in [2.24, 2.45) is 0 Å². The van der Waals surface area contributed by atoms with Gasteiger partial charge in [-0.2, -0.15) is 4.31 Å². The highest BCUT2D eigenvalue weighted by Crippen LogP contribution is 2.29. The van der Waals surface area contributed by atoms with Crippen LogP contribution in [0.15, 0.2) is 21.5 Å². The minimum atomic E-state index is -4.06. The van der Waals surface area contributed by atoms with E-state index in [1.165, 1.54) is 4.31 Å². The number of halogens is 3. The Hall–Kier alpha value is -0.570. The maximum atomic E-state index is 13.9. The van der Waals surface area contributed by atoms with Crippen LogP contribution in [0.2, 0.25) is 0 Å². The van der Waals surface area contributed by atoms with Gasteiger partial charge in [-0.1, -0.05) is 6.92 Å². The summed E-state index contributed by atoms with van der Waals surface area (Å²) >= 11 is 2.93. The van der Waals surface area contributed by atoms with Gasteiger partial charge in [0.2, 0.25) is 10.0 Å². The number of benzene rings is 1. The van der Waals surface area contributed by atoms with Gasteiger partial charge >= 0.3 is 0 Å². The Kier molecular flexibility index (Phi) is 6.27. The van der Waals surface area contributed by atoms with Gasteiger partial charge in [0.25, 0.3) is 0 Å². The van der Waals surface area contributed by atoms with Crippen molar-refractivity contribution in [1.29, 1.82) is 0 Å². The molecule has 1 aromatic carbocycles. The van der Waals surface area contributed by atoms with Crippen molar-refractivity contribution >= 4 is 26.0 Å². The first kappa shape index (κ1) is 18.5. The Morgan fingerprint density at radius 3 is 2.29 bits per heavy atom. The molecule has 0 heterocycles. The first-order valence-corrected chi connectivity index (χ1v) is 8.65.